The molecule has 1 amide bonds. The predicted octanol–water partition coefficient (Wildman–Crippen LogP) is 2.32. The summed E-state index contributed by atoms with van der Waals surface area (Å²) in [6.07, 6.45) is 0.112. The number of benzene rings is 1. The van der Waals surface area contributed by atoms with Crippen LogP contribution in [0.15, 0.2) is 16.6 Å². The van der Waals surface area contributed by atoms with E-state index in [9.17, 15) is 18.4 Å². The maximum absolute atomic E-state index is 13.4. The molecule has 0 aromatic heterocycles. The SMILES string of the molecule is CC[C@@H](NC(=O)c1c(F)cc(Br)cc1F)C(=O)O. The van der Waals surface area contributed by atoms with Gasteiger partial charge in [-0.2, -0.15) is 0 Å². The number of hydrogen-bond donors (Lipinski definition) is 2. The lowest BCUT2D eigenvalue weighted by atomic mass is 10.1. The van der Waals surface area contributed by atoms with E-state index in [1.54, 1.807) is 0 Å². The molecule has 0 heterocycles. The quantitative estimate of drug-likeness (QED) is 0.894. The van der Waals surface area contributed by atoms with Crippen LogP contribution in [0.1, 0.15) is 23.7 Å². The molecule has 1 rings (SSSR count). The van der Waals surface area contributed by atoms with Crippen LogP contribution in [0.3, 0.4) is 0 Å². The molecule has 0 radical (unpaired) electrons. The largest absolute Gasteiger partial charge is 0.480 e. The van der Waals surface area contributed by atoms with Gasteiger partial charge in [-0.15, -0.1) is 0 Å². The average molecular weight is 322 g/mol. The third-order valence-corrected chi connectivity index (χ3v) is 2.70. The first-order valence-corrected chi connectivity index (χ1v) is 5.84. The summed E-state index contributed by atoms with van der Waals surface area (Å²) >= 11 is 2.88. The molecule has 98 valence electrons. The van der Waals surface area contributed by atoms with E-state index in [2.05, 4.69) is 15.9 Å². The number of amides is 1. The summed E-state index contributed by atoms with van der Waals surface area (Å²) in [6.45, 7) is 1.54. The number of hydrogen-bond acceptors (Lipinski definition) is 2. The van der Waals surface area contributed by atoms with Gasteiger partial charge >= 0.3 is 5.97 Å². The normalized spacial score (nSPS) is 12.0. The van der Waals surface area contributed by atoms with E-state index < -0.39 is 35.1 Å². The Morgan fingerprint density at radius 2 is 1.89 bits per heavy atom. The molecule has 0 saturated carbocycles. The van der Waals surface area contributed by atoms with Gasteiger partial charge in [0.1, 0.15) is 23.2 Å². The zero-order chi connectivity index (χ0) is 13.9. The van der Waals surface area contributed by atoms with E-state index in [4.69, 9.17) is 5.11 Å². The minimum absolute atomic E-state index is 0.112. The molecule has 0 aliphatic heterocycles. The van der Waals surface area contributed by atoms with Crippen molar-refractivity contribution < 1.29 is 23.5 Å². The van der Waals surface area contributed by atoms with Crippen LogP contribution in [-0.4, -0.2) is 23.0 Å². The number of carboxylic acids is 1. The van der Waals surface area contributed by atoms with Gasteiger partial charge in [0.25, 0.3) is 5.91 Å². The van der Waals surface area contributed by atoms with Gasteiger partial charge in [-0.05, 0) is 18.6 Å². The second kappa shape index (κ2) is 5.90. The van der Waals surface area contributed by atoms with E-state index in [0.29, 0.717) is 0 Å². The molecular weight excluding hydrogens is 312 g/mol. The Labute approximate surface area is 110 Å². The van der Waals surface area contributed by atoms with Crippen LogP contribution in [0.2, 0.25) is 0 Å². The van der Waals surface area contributed by atoms with Crippen molar-refractivity contribution in [3.8, 4) is 0 Å². The van der Waals surface area contributed by atoms with Gasteiger partial charge < -0.3 is 10.4 Å². The Bertz CT molecular complexity index is 470. The summed E-state index contributed by atoms with van der Waals surface area (Å²) in [5, 5.41) is 10.8. The molecule has 18 heavy (non-hydrogen) atoms. The third kappa shape index (κ3) is 3.25. The minimum atomic E-state index is -1.26. The lowest BCUT2D eigenvalue weighted by molar-refractivity contribution is -0.139. The Morgan fingerprint density at radius 3 is 2.28 bits per heavy atom. The van der Waals surface area contributed by atoms with E-state index in [0.717, 1.165) is 12.1 Å². The number of carbonyl (C=O) groups is 2. The highest BCUT2D eigenvalue weighted by Gasteiger charge is 2.23. The zero-order valence-electron chi connectivity index (χ0n) is 9.34. The number of aliphatic carboxylic acids is 1. The van der Waals surface area contributed by atoms with Crippen LogP contribution >= 0.6 is 15.9 Å². The maximum atomic E-state index is 13.4. The lowest BCUT2D eigenvalue weighted by Gasteiger charge is -2.13. The van der Waals surface area contributed by atoms with Gasteiger partial charge in [-0.3, -0.25) is 4.79 Å². The summed E-state index contributed by atoms with van der Waals surface area (Å²) < 4.78 is 27.0. The minimum Gasteiger partial charge on any atom is -0.480 e. The van der Waals surface area contributed by atoms with Crippen molar-refractivity contribution in [3.63, 3.8) is 0 Å². The highest BCUT2D eigenvalue weighted by molar-refractivity contribution is 9.10. The summed E-state index contributed by atoms with van der Waals surface area (Å²) in [5.41, 5.74) is -0.794. The predicted molar refractivity (Wildman–Crippen MR) is 63.2 cm³/mol. The number of carbonyl (C=O) groups excluding carboxylic acids is 1. The van der Waals surface area contributed by atoms with Crippen LogP contribution in [0.4, 0.5) is 8.78 Å². The molecule has 1 aromatic carbocycles. The molecule has 0 saturated heterocycles. The van der Waals surface area contributed by atoms with Crippen LogP contribution in [0.5, 0.6) is 0 Å². The Morgan fingerprint density at radius 1 is 1.39 bits per heavy atom. The Hall–Kier alpha value is -1.50. The summed E-state index contributed by atoms with van der Waals surface area (Å²) in [5.74, 6) is -4.46. The van der Waals surface area contributed by atoms with Crippen LogP contribution < -0.4 is 5.32 Å². The molecular formula is C11H10BrF2NO3. The smallest absolute Gasteiger partial charge is 0.326 e. The standard InChI is InChI=1S/C11H10BrF2NO3/c1-2-8(11(17)18)15-10(16)9-6(13)3-5(12)4-7(9)14/h3-4,8H,2H2,1H3,(H,15,16)(H,17,18)/t8-/m1/s1. The van der Waals surface area contributed by atoms with Crippen molar-refractivity contribution in [2.45, 2.75) is 19.4 Å². The van der Waals surface area contributed by atoms with Gasteiger partial charge in [0, 0.05) is 4.47 Å². The molecule has 0 unspecified atom stereocenters. The molecule has 0 aliphatic carbocycles. The third-order valence-electron chi connectivity index (χ3n) is 2.25. The number of rotatable bonds is 4. The van der Waals surface area contributed by atoms with E-state index in [1.165, 1.54) is 6.92 Å². The number of halogens is 3. The highest BCUT2D eigenvalue weighted by Crippen LogP contribution is 2.19. The van der Waals surface area contributed by atoms with Crippen LogP contribution in [0, 0.1) is 11.6 Å². The van der Waals surface area contributed by atoms with E-state index >= 15 is 0 Å². The van der Waals surface area contributed by atoms with Gasteiger partial charge in [-0.25, -0.2) is 13.6 Å². The lowest BCUT2D eigenvalue weighted by Crippen LogP contribution is -2.40. The maximum Gasteiger partial charge on any atom is 0.326 e. The average Bonchev–Trinajstić information content (AvgIpc) is 2.23. The van der Waals surface area contributed by atoms with Crippen molar-refractivity contribution in [2.24, 2.45) is 0 Å². The molecule has 0 aliphatic rings. The number of carboxylic acid groups (broad SMARTS) is 1. The van der Waals surface area contributed by atoms with E-state index in [1.807, 2.05) is 5.32 Å². The topological polar surface area (TPSA) is 66.4 Å². The zero-order valence-corrected chi connectivity index (χ0v) is 10.9. The molecule has 1 atom stereocenters. The van der Waals surface area contributed by atoms with Gasteiger partial charge in [-0.1, -0.05) is 22.9 Å². The molecule has 1 aromatic rings. The second-order valence-electron chi connectivity index (χ2n) is 3.52. The van der Waals surface area contributed by atoms with Gasteiger partial charge in [0.05, 0.1) is 0 Å². The molecule has 0 spiro atoms. The summed E-state index contributed by atoms with van der Waals surface area (Å²) in [4.78, 5) is 22.3. The van der Waals surface area contributed by atoms with E-state index in [-0.39, 0.29) is 10.9 Å². The summed E-state index contributed by atoms with van der Waals surface area (Å²) in [7, 11) is 0. The first-order chi connectivity index (χ1) is 8.36. The molecule has 0 fully saturated rings. The van der Waals surface area contributed by atoms with Crippen molar-refractivity contribution in [1.29, 1.82) is 0 Å². The monoisotopic (exact) mass is 321 g/mol. The molecule has 4 nitrogen and oxygen atoms in total. The van der Waals surface area contributed by atoms with Crippen molar-refractivity contribution in [2.75, 3.05) is 0 Å². The molecule has 2 N–H and O–H groups in total. The Kier molecular flexibility index (Phi) is 4.77. The van der Waals surface area contributed by atoms with Gasteiger partial charge in [0.2, 0.25) is 0 Å². The fraction of sp³-hybridized carbons (Fsp3) is 0.273. The van der Waals surface area contributed by atoms with Gasteiger partial charge in [0.15, 0.2) is 0 Å². The summed E-state index contributed by atoms with van der Waals surface area (Å²) in [6, 6.07) is 0.680. The Balaban J connectivity index is 3.01. The fourth-order valence-electron chi connectivity index (χ4n) is 1.33. The van der Waals surface area contributed by atoms with Crippen molar-refractivity contribution >= 4 is 27.8 Å². The van der Waals surface area contributed by atoms with Crippen LogP contribution in [-0.2, 0) is 4.79 Å². The second-order valence-corrected chi connectivity index (χ2v) is 4.43. The molecule has 0 bridgehead atoms. The fourth-order valence-corrected chi connectivity index (χ4v) is 1.73. The first kappa shape index (κ1) is 14.6. The highest BCUT2D eigenvalue weighted by atomic mass is 79.9. The van der Waals surface area contributed by atoms with Crippen LogP contribution in [0.25, 0.3) is 0 Å². The van der Waals surface area contributed by atoms with Crippen molar-refractivity contribution in [1.82, 2.24) is 5.32 Å². The van der Waals surface area contributed by atoms with Crippen molar-refractivity contribution in [3.05, 3.63) is 33.8 Å². The number of nitrogens with one attached hydrogen (secondary N) is 1. The first-order valence-electron chi connectivity index (χ1n) is 5.05. The molecule has 7 heteroatoms.